The lowest BCUT2D eigenvalue weighted by Gasteiger charge is -1.99. The van der Waals surface area contributed by atoms with Crippen molar-refractivity contribution in [3.8, 4) is 11.5 Å². The fourth-order valence-corrected chi connectivity index (χ4v) is 1.85. The minimum Gasteiger partial charge on any atom is -0.461 e. The van der Waals surface area contributed by atoms with E-state index >= 15 is 0 Å². The lowest BCUT2D eigenvalue weighted by Crippen LogP contribution is -2.25. The van der Waals surface area contributed by atoms with Crippen LogP contribution in [-0.2, 0) is 6.42 Å². The van der Waals surface area contributed by atoms with Crippen LogP contribution in [0, 0.1) is 6.92 Å². The number of aryl methyl sites for hydroxylation is 1. The summed E-state index contributed by atoms with van der Waals surface area (Å²) in [6, 6.07) is 6.83. The van der Waals surface area contributed by atoms with Crippen molar-refractivity contribution in [1.29, 1.82) is 0 Å². The minimum absolute atomic E-state index is 0.206. The first kappa shape index (κ1) is 13.2. The Bertz CT molecular complexity index is 727. The monoisotopic (exact) mass is 287 g/mol. The van der Waals surface area contributed by atoms with Crippen molar-refractivity contribution >= 4 is 5.91 Å². The Morgan fingerprint density at radius 1 is 1.24 bits per heavy atom. The van der Waals surface area contributed by atoms with Gasteiger partial charge >= 0.3 is 0 Å². The van der Waals surface area contributed by atoms with Crippen LogP contribution >= 0.6 is 0 Å². The Hall–Kier alpha value is -2.83. The lowest BCUT2D eigenvalue weighted by molar-refractivity contribution is 0.0945. The van der Waals surface area contributed by atoms with Crippen molar-refractivity contribution in [2.45, 2.75) is 13.3 Å². The molecule has 7 heteroatoms. The van der Waals surface area contributed by atoms with Crippen LogP contribution in [0.15, 0.2) is 44.0 Å². The molecule has 0 bridgehead atoms. The van der Waals surface area contributed by atoms with Gasteiger partial charge in [-0.25, -0.2) is 0 Å². The van der Waals surface area contributed by atoms with Crippen molar-refractivity contribution in [3.63, 3.8) is 0 Å². The maximum atomic E-state index is 11.9. The number of nitrogens with one attached hydrogen (secondary N) is 1. The van der Waals surface area contributed by atoms with Gasteiger partial charge in [-0.1, -0.05) is 10.3 Å². The number of amides is 1. The van der Waals surface area contributed by atoms with E-state index in [-0.39, 0.29) is 11.6 Å². The van der Waals surface area contributed by atoms with E-state index in [0.29, 0.717) is 24.5 Å². The summed E-state index contributed by atoms with van der Waals surface area (Å²) in [6.45, 7) is 2.26. The summed E-state index contributed by atoms with van der Waals surface area (Å²) in [6.07, 6.45) is 2.11. The normalized spacial score (nSPS) is 10.7. The predicted octanol–water partition coefficient (Wildman–Crippen LogP) is 2.20. The molecule has 3 aromatic rings. The number of hydrogen-bond acceptors (Lipinski definition) is 6. The third-order valence-electron chi connectivity index (χ3n) is 2.85. The predicted molar refractivity (Wildman–Crippen MR) is 71.5 cm³/mol. The third kappa shape index (κ3) is 3.02. The van der Waals surface area contributed by atoms with E-state index in [1.54, 1.807) is 12.1 Å². The Labute approximate surface area is 119 Å². The molecule has 3 aromatic heterocycles. The van der Waals surface area contributed by atoms with E-state index in [9.17, 15) is 4.79 Å². The highest BCUT2D eigenvalue weighted by Gasteiger charge is 2.14. The fraction of sp³-hybridized carbons (Fsp3) is 0.214. The van der Waals surface area contributed by atoms with Crippen LogP contribution in [0.5, 0.6) is 0 Å². The molecule has 0 radical (unpaired) electrons. The highest BCUT2D eigenvalue weighted by Crippen LogP contribution is 2.20. The molecule has 0 aromatic carbocycles. The van der Waals surface area contributed by atoms with Gasteiger partial charge in [-0.3, -0.25) is 4.79 Å². The highest BCUT2D eigenvalue weighted by molar-refractivity contribution is 5.92. The molecule has 0 unspecified atom stereocenters. The van der Waals surface area contributed by atoms with Gasteiger partial charge in [0.1, 0.15) is 5.76 Å². The molecule has 7 nitrogen and oxygen atoms in total. The molecule has 0 spiro atoms. The Morgan fingerprint density at radius 2 is 2.14 bits per heavy atom. The van der Waals surface area contributed by atoms with Gasteiger partial charge in [0, 0.05) is 25.1 Å². The molecule has 0 saturated heterocycles. The van der Waals surface area contributed by atoms with Gasteiger partial charge in [-0.15, -0.1) is 0 Å². The van der Waals surface area contributed by atoms with E-state index in [2.05, 4.69) is 15.6 Å². The van der Waals surface area contributed by atoms with Crippen LogP contribution < -0.4 is 5.32 Å². The second-order valence-corrected chi connectivity index (χ2v) is 4.49. The number of furan rings is 1. The van der Waals surface area contributed by atoms with E-state index < -0.39 is 0 Å². The number of hydrogen-bond donors (Lipinski definition) is 1. The topological polar surface area (TPSA) is 94.3 Å². The van der Waals surface area contributed by atoms with Crippen LogP contribution in [0.25, 0.3) is 11.5 Å². The Kier molecular flexibility index (Phi) is 3.55. The number of rotatable bonds is 5. The average Bonchev–Trinajstić information content (AvgIpc) is 3.19. The average molecular weight is 287 g/mol. The van der Waals surface area contributed by atoms with Gasteiger partial charge in [0.25, 0.3) is 5.91 Å². The van der Waals surface area contributed by atoms with E-state index in [1.165, 1.54) is 12.3 Å². The van der Waals surface area contributed by atoms with Gasteiger partial charge in [0.2, 0.25) is 5.76 Å². The largest absolute Gasteiger partial charge is 0.461 e. The molecule has 1 N–H and O–H groups in total. The molecule has 0 fully saturated rings. The van der Waals surface area contributed by atoms with Gasteiger partial charge in [0.05, 0.1) is 12.0 Å². The number of carbonyl (C=O) groups is 1. The van der Waals surface area contributed by atoms with Crippen molar-refractivity contribution < 1.29 is 18.3 Å². The summed E-state index contributed by atoms with van der Waals surface area (Å²) in [5, 5.41) is 10.3. The molecular formula is C14H13N3O4. The zero-order valence-electron chi connectivity index (χ0n) is 11.3. The van der Waals surface area contributed by atoms with Gasteiger partial charge in [-0.05, 0) is 19.1 Å². The van der Waals surface area contributed by atoms with E-state index in [0.717, 1.165) is 11.5 Å². The van der Waals surface area contributed by atoms with Crippen LogP contribution in [-0.4, -0.2) is 22.8 Å². The van der Waals surface area contributed by atoms with Gasteiger partial charge in [0.15, 0.2) is 11.5 Å². The van der Waals surface area contributed by atoms with Crippen LogP contribution in [0.4, 0.5) is 0 Å². The molecule has 0 aliphatic heterocycles. The molecule has 1 amide bonds. The first-order chi connectivity index (χ1) is 10.2. The van der Waals surface area contributed by atoms with E-state index in [4.69, 9.17) is 13.5 Å². The van der Waals surface area contributed by atoms with Crippen LogP contribution in [0.2, 0.25) is 0 Å². The summed E-state index contributed by atoms with van der Waals surface area (Å²) in [5.74, 6) is 1.38. The Balaban J connectivity index is 1.56. The molecule has 108 valence electrons. The quantitative estimate of drug-likeness (QED) is 0.773. The van der Waals surface area contributed by atoms with Crippen molar-refractivity contribution in [1.82, 2.24) is 15.6 Å². The molecule has 0 aliphatic rings. The van der Waals surface area contributed by atoms with Gasteiger partial charge < -0.3 is 18.8 Å². The summed E-state index contributed by atoms with van der Waals surface area (Å²) in [5.41, 5.74) is 1.00. The lowest BCUT2D eigenvalue weighted by atomic mass is 10.2. The number of carbonyl (C=O) groups excluding carboxylic acids is 1. The number of nitrogens with zero attached hydrogens (tertiary/aromatic N) is 2. The van der Waals surface area contributed by atoms with Crippen molar-refractivity contribution in [2.75, 3.05) is 6.54 Å². The maximum Gasteiger partial charge on any atom is 0.273 e. The standard InChI is InChI=1S/C14H13N3O4/c1-9-7-10(16-20-9)4-5-15-14(18)11-8-13(21-17-11)12-3-2-6-19-12/h2-3,6-8H,4-5H2,1H3,(H,15,18). The molecule has 3 rings (SSSR count). The first-order valence-corrected chi connectivity index (χ1v) is 6.43. The second kappa shape index (κ2) is 5.66. The van der Waals surface area contributed by atoms with Crippen molar-refractivity contribution in [2.24, 2.45) is 0 Å². The third-order valence-corrected chi connectivity index (χ3v) is 2.85. The van der Waals surface area contributed by atoms with Gasteiger partial charge in [-0.2, -0.15) is 0 Å². The molecule has 0 atom stereocenters. The van der Waals surface area contributed by atoms with E-state index in [1.807, 2.05) is 13.0 Å². The minimum atomic E-state index is -0.309. The molecule has 21 heavy (non-hydrogen) atoms. The van der Waals surface area contributed by atoms with Crippen LogP contribution in [0.3, 0.4) is 0 Å². The zero-order valence-corrected chi connectivity index (χ0v) is 11.3. The molecule has 3 heterocycles. The summed E-state index contributed by atoms with van der Waals surface area (Å²) >= 11 is 0. The summed E-state index contributed by atoms with van der Waals surface area (Å²) < 4.78 is 15.2. The number of aromatic nitrogens is 2. The molecular weight excluding hydrogens is 274 g/mol. The Morgan fingerprint density at radius 3 is 2.86 bits per heavy atom. The summed E-state index contributed by atoms with van der Waals surface area (Å²) in [7, 11) is 0. The molecule has 0 saturated carbocycles. The second-order valence-electron chi connectivity index (χ2n) is 4.49. The van der Waals surface area contributed by atoms with Crippen LogP contribution in [0.1, 0.15) is 21.9 Å². The first-order valence-electron chi connectivity index (χ1n) is 6.43. The van der Waals surface area contributed by atoms with Crippen molar-refractivity contribution in [3.05, 3.63) is 47.7 Å². The fourth-order valence-electron chi connectivity index (χ4n) is 1.85. The smallest absolute Gasteiger partial charge is 0.273 e. The SMILES string of the molecule is Cc1cc(CCNC(=O)c2cc(-c3ccco3)on2)no1. The maximum absolute atomic E-state index is 11.9. The zero-order chi connectivity index (χ0) is 14.7. The summed E-state index contributed by atoms with van der Waals surface area (Å²) in [4.78, 5) is 11.9. The molecule has 0 aliphatic carbocycles. The highest BCUT2D eigenvalue weighted by atomic mass is 16.5.